The molecule has 180 valence electrons. The van der Waals surface area contributed by atoms with E-state index in [1.807, 2.05) is 36.4 Å². The third kappa shape index (κ3) is 4.58. The number of rotatable bonds is 7. The van der Waals surface area contributed by atoms with Gasteiger partial charge in [-0.1, -0.05) is 67.1 Å². The highest BCUT2D eigenvalue weighted by molar-refractivity contribution is 6.31. The molecule has 0 spiro atoms. The SMILES string of the molecule is O=C(CN(C1CCCC1)C1(Cc2cccc(Cl)c2)C(=O)Nc2cc(Cl)ccc21)NC1CCCC1. The molecular formula is C27H31Cl2N3O2. The molecular weight excluding hydrogens is 469 g/mol. The van der Waals surface area contributed by atoms with Crippen molar-refractivity contribution in [2.75, 3.05) is 11.9 Å². The molecule has 1 aliphatic heterocycles. The van der Waals surface area contributed by atoms with Gasteiger partial charge >= 0.3 is 0 Å². The van der Waals surface area contributed by atoms with Gasteiger partial charge in [0.15, 0.2) is 0 Å². The number of fused-ring (bicyclic) bond motifs is 1. The maximum Gasteiger partial charge on any atom is 0.249 e. The third-order valence-electron chi connectivity index (χ3n) is 7.69. The fourth-order valence-electron chi connectivity index (χ4n) is 6.12. The molecule has 2 N–H and O–H groups in total. The summed E-state index contributed by atoms with van der Waals surface area (Å²) < 4.78 is 0. The van der Waals surface area contributed by atoms with Crippen LogP contribution in [0.5, 0.6) is 0 Å². The third-order valence-corrected chi connectivity index (χ3v) is 8.16. The second-order valence-corrected chi connectivity index (χ2v) is 10.8. The zero-order valence-corrected chi connectivity index (χ0v) is 20.8. The summed E-state index contributed by atoms with van der Waals surface area (Å²) >= 11 is 12.6. The summed E-state index contributed by atoms with van der Waals surface area (Å²) in [6.07, 6.45) is 8.98. The molecule has 2 amide bonds. The average Bonchev–Trinajstić information content (AvgIpc) is 3.55. The molecule has 1 heterocycles. The van der Waals surface area contributed by atoms with E-state index in [1.54, 1.807) is 6.07 Å². The predicted octanol–water partition coefficient (Wildman–Crippen LogP) is 5.69. The fourth-order valence-corrected chi connectivity index (χ4v) is 6.51. The maximum atomic E-state index is 13.9. The van der Waals surface area contributed by atoms with Gasteiger partial charge in [0, 0.05) is 39.8 Å². The van der Waals surface area contributed by atoms with E-state index in [1.165, 1.54) is 0 Å². The van der Waals surface area contributed by atoms with Crippen molar-refractivity contribution in [2.45, 2.75) is 75.4 Å². The van der Waals surface area contributed by atoms with Gasteiger partial charge in [0.2, 0.25) is 11.8 Å². The number of nitrogens with one attached hydrogen (secondary N) is 2. The summed E-state index contributed by atoms with van der Waals surface area (Å²) in [5.41, 5.74) is 1.55. The first-order chi connectivity index (χ1) is 16.5. The first-order valence-electron chi connectivity index (χ1n) is 12.4. The van der Waals surface area contributed by atoms with Gasteiger partial charge in [-0.05, 0) is 55.5 Å². The van der Waals surface area contributed by atoms with Crippen LogP contribution < -0.4 is 10.6 Å². The van der Waals surface area contributed by atoms with Crippen molar-refractivity contribution in [1.82, 2.24) is 10.2 Å². The van der Waals surface area contributed by atoms with E-state index >= 15 is 0 Å². The van der Waals surface area contributed by atoms with Gasteiger partial charge < -0.3 is 10.6 Å². The standard InChI is InChI=1S/C27H31Cl2N3O2/c28-19-7-5-6-18(14-19)16-27(23-13-12-20(29)15-24(23)31-26(27)34)32(22-10-3-4-11-22)17-25(33)30-21-8-1-2-9-21/h5-7,12-15,21-22H,1-4,8-11,16-17H2,(H,30,33)(H,31,34). The number of nitrogens with zero attached hydrogens (tertiary/aromatic N) is 1. The average molecular weight is 500 g/mol. The van der Waals surface area contributed by atoms with Gasteiger partial charge in [-0.25, -0.2) is 0 Å². The normalized spacial score (nSPS) is 22.9. The lowest BCUT2D eigenvalue weighted by atomic mass is 9.81. The number of carbonyl (C=O) groups excluding carboxylic acids is 2. The molecule has 2 fully saturated rings. The zero-order chi connectivity index (χ0) is 23.7. The summed E-state index contributed by atoms with van der Waals surface area (Å²) in [6.45, 7) is 0.192. The number of benzene rings is 2. The summed E-state index contributed by atoms with van der Waals surface area (Å²) in [7, 11) is 0. The van der Waals surface area contributed by atoms with Gasteiger partial charge in [0.25, 0.3) is 0 Å². The molecule has 2 aromatic carbocycles. The Morgan fingerprint density at radius 2 is 1.71 bits per heavy atom. The van der Waals surface area contributed by atoms with E-state index in [9.17, 15) is 9.59 Å². The highest BCUT2D eigenvalue weighted by Gasteiger charge is 2.54. The number of anilines is 1. The smallest absolute Gasteiger partial charge is 0.249 e. The minimum absolute atomic E-state index is 0.000479. The second-order valence-electron chi connectivity index (χ2n) is 9.93. The molecule has 1 unspecified atom stereocenters. The molecule has 34 heavy (non-hydrogen) atoms. The lowest BCUT2D eigenvalue weighted by Crippen LogP contribution is -2.59. The molecule has 1 atom stereocenters. The summed E-state index contributed by atoms with van der Waals surface area (Å²) in [5, 5.41) is 7.53. The largest absolute Gasteiger partial charge is 0.352 e. The van der Waals surface area contributed by atoms with Crippen molar-refractivity contribution < 1.29 is 9.59 Å². The highest BCUT2D eigenvalue weighted by atomic mass is 35.5. The predicted molar refractivity (Wildman–Crippen MR) is 136 cm³/mol. The lowest BCUT2D eigenvalue weighted by molar-refractivity contribution is -0.134. The number of hydrogen-bond acceptors (Lipinski definition) is 3. The van der Waals surface area contributed by atoms with Crippen LogP contribution in [0.1, 0.15) is 62.5 Å². The van der Waals surface area contributed by atoms with Gasteiger partial charge in [0.05, 0.1) is 6.54 Å². The van der Waals surface area contributed by atoms with Crippen LogP contribution >= 0.6 is 23.2 Å². The first-order valence-corrected chi connectivity index (χ1v) is 13.1. The van der Waals surface area contributed by atoms with Crippen LogP contribution in [0.3, 0.4) is 0 Å². The van der Waals surface area contributed by atoms with Gasteiger partial charge in [-0.2, -0.15) is 0 Å². The molecule has 7 heteroatoms. The maximum absolute atomic E-state index is 13.9. The van der Waals surface area contributed by atoms with Crippen molar-refractivity contribution in [3.05, 3.63) is 63.6 Å². The Morgan fingerprint density at radius 1 is 1.00 bits per heavy atom. The molecule has 5 rings (SSSR count). The number of carbonyl (C=O) groups is 2. The molecule has 0 saturated heterocycles. The highest BCUT2D eigenvalue weighted by Crippen LogP contribution is 2.46. The Kier molecular flexibility index (Phi) is 6.88. The van der Waals surface area contributed by atoms with E-state index in [4.69, 9.17) is 23.2 Å². The van der Waals surface area contributed by atoms with Gasteiger partial charge in [-0.15, -0.1) is 0 Å². The van der Waals surface area contributed by atoms with E-state index in [0.717, 1.165) is 68.2 Å². The second kappa shape index (κ2) is 9.88. The Hall–Kier alpha value is -2.08. The lowest BCUT2D eigenvalue weighted by Gasteiger charge is -2.43. The zero-order valence-electron chi connectivity index (χ0n) is 19.3. The van der Waals surface area contributed by atoms with Gasteiger partial charge in [0.1, 0.15) is 5.54 Å². The molecule has 2 aromatic rings. The Labute approximate surface area is 211 Å². The van der Waals surface area contributed by atoms with Crippen molar-refractivity contribution in [3.63, 3.8) is 0 Å². The molecule has 0 aromatic heterocycles. The van der Waals surface area contributed by atoms with E-state index in [0.29, 0.717) is 16.5 Å². The van der Waals surface area contributed by atoms with Crippen molar-refractivity contribution in [3.8, 4) is 0 Å². The van der Waals surface area contributed by atoms with Gasteiger partial charge in [-0.3, -0.25) is 14.5 Å². The van der Waals surface area contributed by atoms with Crippen LogP contribution in [0.25, 0.3) is 0 Å². The van der Waals surface area contributed by atoms with E-state index < -0.39 is 5.54 Å². The molecule has 2 saturated carbocycles. The Balaban J connectivity index is 1.57. The molecule has 3 aliphatic rings. The molecule has 0 bridgehead atoms. The Morgan fingerprint density at radius 3 is 2.44 bits per heavy atom. The summed E-state index contributed by atoms with van der Waals surface area (Å²) in [5.74, 6) is -0.107. The topological polar surface area (TPSA) is 61.4 Å². The van der Waals surface area contributed by atoms with Crippen molar-refractivity contribution in [1.29, 1.82) is 0 Å². The van der Waals surface area contributed by atoms with E-state index in [2.05, 4.69) is 15.5 Å². The molecule has 5 nitrogen and oxygen atoms in total. The minimum Gasteiger partial charge on any atom is -0.352 e. The molecule has 0 radical (unpaired) electrons. The number of amides is 2. The Bertz CT molecular complexity index is 1080. The van der Waals surface area contributed by atoms with Crippen LogP contribution in [-0.2, 0) is 21.5 Å². The minimum atomic E-state index is -1.01. The summed E-state index contributed by atoms with van der Waals surface area (Å²) in [4.78, 5) is 29.4. The monoisotopic (exact) mass is 499 g/mol. The number of hydrogen-bond donors (Lipinski definition) is 2. The van der Waals surface area contributed by atoms with Crippen LogP contribution in [0.15, 0.2) is 42.5 Å². The summed E-state index contributed by atoms with van der Waals surface area (Å²) in [6, 6.07) is 13.6. The van der Waals surface area contributed by atoms with Crippen LogP contribution in [0.4, 0.5) is 5.69 Å². The molecule has 2 aliphatic carbocycles. The van der Waals surface area contributed by atoms with Crippen molar-refractivity contribution in [2.24, 2.45) is 0 Å². The quantitative estimate of drug-likeness (QED) is 0.514. The van der Waals surface area contributed by atoms with Crippen molar-refractivity contribution >= 4 is 40.7 Å². The van der Waals surface area contributed by atoms with Crippen LogP contribution in [0, 0.1) is 0 Å². The van der Waals surface area contributed by atoms with E-state index in [-0.39, 0.29) is 30.4 Å². The number of halogens is 2. The fraction of sp³-hybridized carbons (Fsp3) is 0.481. The first kappa shape index (κ1) is 23.7. The van der Waals surface area contributed by atoms with Crippen LogP contribution in [0.2, 0.25) is 10.0 Å². The van der Waals surface area contributed by atoms with Crippen LogP contribution in [-0.4, -0.2) is 35.3 Å².